The summed E-state index contributed by atoms with van der Waals surface area (Å²) in [5, 5.41) is 0. The van der Waals surface area contributed by atoms with E-state index in [1.54, 1.807) is 11.8 Å². The molecule has 4 nitrogen and oxygen atoms in total. The Morgan fingerprint density at radius 3 is 3.12 bits per heavy atom. The van der Waals surface area contributed by atoms with Crippen LogP contribution in [-0.2, 0) is 17.9 Å². The van der Waals surface area contributed by atoms with Crippen LogP contribution in [0.5, 0.6) is 0 Å². The Hall–Kier alpha value is -1.49. The van der Waals surface area contributed by atoms with Gasteiger partial charge in [0.2, 0.25) is 0 Å². The monoisotopic (exact) mass is 248 g/mol. The molecule has 2 aromatic rings. The van der Waals surface area contributed by atoms with E-state index in [-0.39, 0.29) is 5.56 Å². The minimum Gasteiger partial charge on any atom is -0.458 e. The van der Waals surface area contributed by atoms with Gasteiger partial charge in [0.05, 0.1) is 5.69 Å². The van der Waals surface area contributed by atoms with Gasteiger partial charge < -0.3 is 9.40 Å². The van der Waals surface area contributed by atoms with E-state index in [1.165, 1.54) is 0 Å². The molecule has 0 radical (unpaired) electrons. The van der Waals surface area contributed by atoms with E-state index in [9.17, 15) is 4.79 Å². The van der Waals surface area contributed by atoms with E-state index in [2.05, 4.69) is 9.97 Å². The lowest BCUT2D eigenvalue weighted by atomic mass is 10.2. The molecule has 0 saturated carbocycles. The molecule has 1 aliphatic heterocycles. The fourth-order valence-corrected chi connectivity index (χ4v) is 2.91. The summed E-state index contributed by atoms with van der Waals surface area (Å²) in [5.41, 5.74) is 1.66. The predicted molar refractivity (Wildman–Crippen MR) is 66.9 cm³/mol. The van der Waals surface area contributed by atoms with Crippen molar-refractivity contribution in [1.82, 2.24) is 9.97 Å². The van der Waals surface area contributed by atoms with Crippen molar-refractivity contribution < 1.29 is 4.42 Å². The first kappa shape index (κ1) is 10.7. The molecule has 0 spiro atoms. The van der Waals surface area contributed by atoms with Crippen LogP contribution in [0.15, 0.2) is 21.3 Å². The second-order valence-corrected chi connectivity index (χ2v) is 4.94. The molecule has 0 aromatic carbocycles. The molecule has 88 valence electrons. The van der Waals surface area contributed by atoms with E-state index in [1.807, 2.05) is 19.1 Å². The van der Waals surface area contributed by atoms with Gasteiger partial charge in [0.1, 0.15) is 5.76 Å². The zero-order valence-electron chi connectivity index (χ0n) is 9.45. The van der Waals surface area contributed by atoms with Crippen LogP contribution in [0.4, 0.5) is 0 Å². The fourth-order valence-electron chi connectivity index (χ4n) is 1.87. The minimum absolute atomic E-state index is 0.0375. The highest BCUT2D eigenvalue weighted by atomic mass is 32.2. The Kier molecular flexibility index (Phi) is 2.55. The molecule has 1 N–H and O–H groups in total. The molecule has 2 aromatic heterocycles. The summed E-state index contributed by atoms with van der Waals surface area (Å²) in [6, 6.07) is 3.77. The summed E-state index contributed by atoms with van der Waals surface area (Å²) < 4.78 is 5.59. The Bertz CT molecular complexity index is 615. The highest BCUT2D eigenvalue weighted by Crippen LogP contribution is 2.27. The smallest absolute Gasteiger partial charge is 0.255 e. The SMILES string of the molecule is CCc1ccc(-c2nc3c(c(=O)[nH]2)CSC3)o1. The molecule has 0 saturated heterocycles. The van der Waals surface area contributed by atoms with Crippen LogP contribution in [0.3, 0.4) is 0 Å². The van der Waals surface area contributed by atoms with Crippen molar-refractivity contribution in [2.75, 3.05) is 0 Å². The lowest BCUT2D eigenvalue weighted by Gasteiger charge is -2.00. The van der Waals surface area contributed by atoms with Gasteiger partial charge >= 0.3 is 0 Å². The van der Waals surface area contributed by atoms with Gasteiger partial charge in [-0.2, -0.15) is 11.8 Å². The van der Waals surface area contributed by atoms with Crippen LogP contribution in [0.2, 0.25) is 0 Å². The average molecular weight is 248 g/mol. The third-order valence-electron chi connectivity index (χ3n) is 2.83. The van der Waals surface area contributed by atoms with Gasteiger partial charge in [-0.3, -0.25) is 4.79 Å². The van der Waals surface area contributed by atoms with Gasteiger partial charge in [-0.05, 0) is 12.1 Å². The van der Waals surface area contributed by atoms with Crippen molar-refractivity contribution >= 4 is 11.8 Å². The van der Waals surface area contributed by atoms with Crippen LogP contribution in [0, 0.1) is 0 Å². The van der Waals surface area contributed by atoms with E-state index in [0.29, 0.717) is 11.6 Å². The summed E-state index contributed by atoms with van der Waals surface area (Å²) in [6.07, 6.45) is 0.838. The minimum atomic E-state index is -0.0375. The van der Waals surface area contributed by atoms with Crippen LogP contribution in [0.25, 0.3) is 11.6 Å². The number of aromatic nitrogens is 2. The molecule has 0 atom stereocenters. The Morgan fingerprint density at radius 2 is 2.35 bits per heavy atom. The number of thioether (sulfide) groups is 1. The van der Waals surface area contributed by atoms with Crippen LogP contribution in [-0.4, -0.2) is 9.97 Å². The number of nitrogens with zero attached hydrogens (tertiary/aromatic N) is 1. The Balaban J connectivity index is 2.09. The molecular weight excluding hydrogens is 236 g/mol. The normalized spacial score (nSPS) is 13.9. The van der Waals surface area contributed by atoms with Crippen LogP contribution >= 0.6 is 11.8 Å². The topological polar surface area (TPSA) is 58.9 Å². The maximum Gasteiger partial charge on any atom is 0.255 e. The number of H-pyrrole nitrogens is 1. The maximum absolute atomic E-state index is 11.8. The summed E-state index contributed by atoms with van der Waals surface area (Å²) >= 11 is 1.72. The van der Waals surface area contributed by atoms with E-state index in [4.69, 9.17) is 4.42 Å². The fraction of sp³-hybridized carbons (Fsp3) is 0.333. The molecule has 0 fully saturated rings. The van der Waals surface area contributed by atoms with Crippen LogP contribution < -0.4 is 5.56 Å². The summed E-state index contributed by atoms with van der Waals surface area (Å²) in [6.45, 7) is 2.03. The van der Waals surface area contributed by atoms with Crippen molar-refractivity contribution in [3.63, 3.8) is 0 Å². The first-order chi connectivity index (χ1) is 8.28. The molecule has 5 heteroatoms. The molecule has 0 aliphatic carbocycles. The zero-order valence-corrected chi connectivity index (χ0v) is 10.3. The average Bonchev–Trinajstić information content (AvgIpc) is 2.97. The molecule has 1 aliphatic rings. The first-order valence-corrected chi connectivity index (χ1v) is 6.72. The second kappa shape index (κ2) is 4.07. The molecule has 0 unspecified atom stereocenters. The summed E-state index contributed by atoms with van der Waals surface area (Å²) in [7, 11) is 0. The number of fused-ring (bicyclic) bond motifs is 1. The summed E-state index contributed by atoms with van der Waals surface area (Å²) in [5.74, 6) is 3.65. The van der Waals surface area contributed by atoms with Gasteiger partial charge in [0, 0.05) is 23.5 Å². The quantitative estimate of drug-likeness (QED) is 0.886. The van der Waals surface area contributed by atoms with Crippen molar-refractivity contribution in [1.29, 1.82) is 0 Å². The van der Waals surface area contributed by atoms with E-state index >= 15 is 0 Å². The lowest BCUT2D eigenvalue weighted by molar-refractivity contribution is 0.525. The second-order valence-electron chi connectivity index (χ2n) is 3.95. The molecule has 3 rings (SSSR count). The third kappa shape index (κ3) is 1.80. The van der Waals surface area contributed by atoms with E-state index < -0.39 is 0 Å². The number of hydrogen-bond donors (Lipinski definition) is 1. The Morgan fingerprint density at radius 1 is 1.47 bits per heavy atom. The summed E-state index contributed by atoms with van der Waals surface area (Å²) in [4.78, 5) is 19.1. The molecular formula is C12H12N2O2S. The van der Waals surface area contributed by atoms with Crippen LogP contribution in [0.1, 0.15) is 23.9 Å². The lowest BCUT2D eigenvalue weighted by Crippen LogP contribution is -2.14. The molecule has 17 heavy (non-hydrogen) atoms. The third-order valence-corrected chi connectivity index (χ3v) is 3.80. The number of nitrogens with one attached hydrogen (secondary N) is 1. The molecule has 3 heterocycles. The number of furan rings is 1. The van der Waals surface area contributed by atoms with Gasteiger partial charge in [-0.25, -0.2) is 4.98 Å². The number of rotatable bonds is 2. The van der Waals surface area contributed by atoms with Crippen molar-refractivity contribution in [3.05, 3.63) is 39.5 Å². The maximum atomic E-state index is 11.8. The number of aryl methyl sites for hydroxylation is 1. The first-order valence-electron chi connectivity index (χ1n) is 5.57. The standard InChI is InChI=1S/C12H12N2O2S/c1-2-7-3-4-10(16-7)11-13-9-6-17-5-8(9)12(15)14-11/h3-4H,2,5-6H2,1H3,(H,13,14,15). The van der Waals surface area contributed by atoms with Gasteiger partial charge in [-0.15, -0.1) is 0 Å². The van der Waals surface area contributed by atoms with Crippen molar-refractivity contribution in [2.45, 2.75) is 24.9 Å². The largest absolute Gasteiger partial charge is 0.458 e. The van der Waals surface area contributed by atoms with Crippen molar-refractivity contribution in [2.24, 2.45) is 0 Å². The van der Waals surface area contributed by atoms with Gasteiger partial charge in [0.15, 0.2) is 11.6 Å². The molecule has 0 amide bonds. The highest BCUT2D eigenvalue weighted by molar-refractivity contribution is 7.98. The van der Waals surface area contributed by atoms with E-state index in [0.717, 1.165) is 34.9 Å². The van der Waals surface area contributed by atoms with Crippen molar-refractivity contribution in [3.8, 4) is 11.6 Å². The molecule has 0 bridgehead atoms. The number of aromatic amines is 1. The zero-order chi connectivity index (χ0) is 11.8. The Labute approximate surface area is 102 Å². The van der Waals surface area contributed by atoms with Gasteiger partial charge in [-0.1, -0.05) is 6.92 Å². The number of hydrogen-bond acceptors (Lipinski definition) is 4. The predicted octanol–water partition coefficient (Wildman–Crippen LogP) is 2.34. The van der Waals surface area contributed by atoms with Gasteiger partial charge in [0.25, 0.3) is 5.56 Å². The highest BCUT2D eigenvalue weighted by Gasteiger charge is 2.19.